The number of carbonyl (C=O) groups excluding carboxylic acids is 1. The molecule has 1 amide bonds. The maximum absolute atomic E-state index is 11.9. The lowest BCUT2D eigenvalue weighted by molar-refractivity contribution is -0.144. The first-order chi connectivity index (χ1) is 7.44. The minimum absolute atomic E-state index is 0.0341. The molecule has 16 heavy (non-hydrogen) atoms. The van der Waals surface area contributed by atoms with Gasteiger partial charge in [-0.1, -0.05) is 0 Å². The van der Waals surface area contributed by atoms with Crippen LogP contribution in [0.4, 0.5) is 0 Å². The van der Waals surface area contributed by atoms with E-state index in [1.807, 2.05) is 25.7 Å². The maximum Gasteiger partial charge on any atom is 0.248 e. The molecular formula is C11H23N3O2. The van der Waals surface area contributed by atoms with E-state index in [-0.39, 0.29) is 24.2 Å². The van der Waals surface area contributed by atoms with Crippen molar-refractivity contribution in [3.8, 4) is 0 Å². The second-order valence-corrected chi connectivity index (χ2v) is 5.08. The van der Waals surface area contributed by atoms with Crippen LogP contribution in [0.1, 0.15) is 20.8 Å². The van der Waals surface area contributed by atoms with Crippen LogP contribution >= 0.6 is 0 Å². The maximum atomic E-state index is 11.9. The van der Waals surface area contributed by atoms with Crippen LogP contribution in [0.5, 0.6) is 0 Å². The standard InChI is InChI=1S/C11H23N3O2/c1-11(2,3)16-8-10(15)14-5-4-13-7-9(14)6-12/h9,13H,4-8,12H2,1-3H3. The highest BCUT2D eigenvalue weighted by Crippen LogP contribution is 2.09. The number of nitrogens with two attached hydrogens (primary N) is 1. The molecule has 0 spiro atoms. The molecule has 1 rings (SSSR count). The summed E-state index contributed by atoms with van der Waals surface area (Å²) in [4.78, 5) is 13.8. The zero-order valence-corrected chi connectivity index (χ0v) is 10.5. The van der Waals surface area contributed by atoms with Gasteiger partial charge < -0.3 is 20.7 Å². The SMILES string of the molecule is CC(C)(C)OCC(=O)N1CCNCC1CN. The number of nitrogens with zero attached hydrogens (tertiary/aromatic N) is 1. The fraction of sp³-hybridized carbons (Fsp3) is 0.909. The molecule has 0 radical (unpaired) electrons. The fourth-order valence-corrected chi connectivity index (χ4v) is 1.66. The lowest BCUT2D eigenvalue weighted by atomic mass is 10.2. The van der Waals surface area contributed by atoms with E-state index in [1.165, 1.54) is 0 Å². The van der Waals surface area contributed by atoms with Gasteiger partial charge in [0.05, 0.1) is 11.6 Å². The number of hydrogen-bond donors (Lipinski definition) is 2. The normalized spacial score (nSPS) is 22.2. The summed E-state index contributed by atoms with van der Waals surface area (Å²) in [5.41, 5.74) is 5.36. The van der Waals surface area contributed by atoms with Crippen molar-refractivity contribution >= 4 is 5.91 Å². The first-order valence-electron chi connectivity index (χ1n) is 5.78. The molecule has 5 heteroatoms. The summed E-state index contributed by atoms with van der Waals surface area (Å²) in [5, 5.41) is 3.23. The Labute approximate surface area is 97.3 Å². The average molecular weight is 229 g/mol. The third-order valence-electron chi connectivity index (χ3n) is 2.57. The van der Waals surface area contributed by atoms with Crippen molar-refractivity contribution in [3.05, 3.63) is 0 Å². The largest absolute Gasteiger partial charge is 0.366 e. The molecule has 1 heterocycles. The Balaban J connectivity index is 2.45. The van der Waals surface area contributed by atoms with Crippen LogP contribution in [0.15, 0.2) is 0 Å². The van der Waals surface area contributed by atoms with Gasteiger partial charge in [0.25, 0.3) is 0 Å². The van der Waals surface area contributed by atoms with E-state index in [4.69, 9.17) is 10.5 Å². The summed E-state index contributed by atoms with van der Waals surface area (Å²) in [6.07, 6.45) is 0. The van der Waals surface area contributed by atoms with Crippen LogP contribution in [0.3, 0.4) is 0 Å². The van der Waals surface area contributed by atoms with Crippen LogP contribution in [0.25, 0.3) is 0 Å². The van der Waals surface area contributed by atoms with E-state index in [0.717, 1.165) is 13.1 Å². The van der Waals surface area contributed by atoms with Crippen molar-refractivity contribution in [2.24, 2.45) is 5.73 Å². The monoisotopic (exact) mass is 229 g/mol. The Morgan fingerprint density at radius 1 is 1.56 bits per heavy atom. The van der Waals surface area contributed by atoms with E-state index in [1.54, 1.807) is 0 Å². The van der Waals surface area contributed by atoms with Gasteiger partial charge in [0.15, 0.2) is 0 Å². The van der Waals surface area contributed by atoms with E-state index < -0.39 is 0 Å². The third-order valence-corrected chi connectivity index (χ3v) is 2.57. The van der Waals surface area contributed by atoms with E-state index in [0.29, 0.717) is 13.1 Å². The summed E-state index contributed by atoms with van der Waals surface area (Å²) in [7, 11) is 0. The smallest absolute Gasteiger partial charge is 0.248 e. The molecule has 0 aromatic heterocycles. The highest BCUT2D eigenvalue weighted by Gasteiger charge is 2.26. The lowest BCUT2D eigenvalue weighted by Crippen LogP contribution is -2.57. The van der Waals surface area contributed by atoms with Gasteiger partial charge in [-0.05, 0) is 20.8 Å². The topological polar surface area (TPSA) is 67.6 Å². The summed E-state index contributed by atoms with van der Waals surface area (Å²) >= 11 is 0. The summed E-state index contributed by atoms with van der Waals surface area (Å²) in [6.45, 7) is 8.79. The van der Waals surface area contributed by atoms with Gasteiger partial charge in [0.2, 0.25) is 5.91 Å². The molecule has 3 N–H and O–H groups in total. The van der Waals surface area contributed by atoms with Crippen LogP contribution < -0.4 is 11.1 Å². The number of hydrogen-bond acceptors (Lipinski definition) is 4. The molecular weight excluding hydrogens is 206 g/mol. The molecule has 0 bridgehead atoms. The quantitative estimate of drug-likeness (QED) is 0.688. The number of carbonyl (C=O) groups is 1. The van der Waals surface area contributed by atoms with E-state index in [9.17, 15) is 4.79 Å². The molecule has 0 aromatic carbocycles. The molecule has 1 fully saturated rings. The summed E-state index contributed by atoms with van der Waals surface area (Å²) < 4.78 is 5.48. The second-order valence-electron chi connectivity index (χ2n) is 5.08. The summed E-state index contributed by atoms with van der Waals surface area (Å²) in [5.74, 6) is 0.0341. The zero-order chi connectivity index (χ0) is 12.2. The molecule has 1 aliphatic rings. The van der Waals surface area contributed by atoms with Gasteiger partial charge in [-0.15, -0.1) is 0 Å². The number of ether oxygens (including phenoxy) is 1. The van der Waals surface area contributed by atoms with Crippen molar-refractivity contribution in [2.45, 2.75) is 32.4 Å². The van der Waals surface area contributed by atoms with Gasteiger partial charge in [-0.3, -0.25) is 4.79 Å². The molecule has 5 nitrogen and oxygen atoms in total. The van der Waals surface area contributed by atoms with Crippen LogP contribution in [-0.2, 0) is 9.53 Å². The minimum atomic E-state index is -0.276. The molecule has 1 saturated heterocycles. The number of nitrogens with one attached hydrogen (secondary N) is 1. The second kappa shape index (κ2) is 5.61. The number of piperazine rings is 1. The molecule has 1 atom stereocenters. The lowest BCUT2D eigenvalue weighted by Gasteiger charge is -2.36. The zero-order valence-electron chi connectivity index (χ0n) is 10.5. The van der Waals surface area contributed by atoms with Crippen LogP contribution in [0.2, 0.25) is 0 Å². The first kappa shape index (κ1) is 13.4. The first-order valence-corrected chi connectivity index (χ1v) is 5.78. The Hall–Kier alpha value is -0.650. The molecule has 94 valence electrons. The molecule has 0 saturated carbocycles. The Morgan fingerprint density at radius 3 is 2.81 bits per heavy atom. The molecule has 1 aliphatic heterocycles. The van der Waals surface area contributed by atoms with E-state index in [2.05, 4.69) is 5.32 Å². The Bertz CT molecular complexity index is 238. The molecule has 0 aliphatic carbocycles. The Morgan fingerprint density at radius 2 is 2.25 bits per heavy atom. The van der Waals surface area contributed by atoms with Crippen molar-refractivity contribution < 1.29 is 9.53 Å². The van der Waals surface area contributed by atoms with Gasteiger partial charge in [-0.2, -0.15) is 0 Å². The highest BCUT2D eigenvalue weighted by atomic mass is 16.5. The van der Waals surface area contributed by atoms with Crippen LogP contribution in [-0.4, -0.2) is 55.2 Å². The molecule has 0 aromatic rings. The fourth-order valence-electron chi connectivity index (χ4n) is 1.66. The van der Waals surface area contributed by atoms with Gasteiger partial charge in [-0.25, -0.2) is 0 Å². The van der Waals surface area contributed by atoms with Crippen LogP contribution in [0, 0.1) is 0 Å². The highest BCUT2D eigenvalue weighted by molar-refractivity contribution is 5.78. The predicted octanol–water partition coefficient (Wildman–Crippen LogP) is -0.439. The van der Waals surface area contributed by atoms with E-state index >= 15 is 0 Å². The van der Waals surface area contributed by atoms with Crippen molar-refractivity contribution in [3.63, 3.8) is 0 Å². The third kappa shape index (κ3) is 4.08. The number of rotatable bonds is 3. The number of amides is 1. The van der Waals surface area contributed by atoms with Crippen molar-refractivity contribution in [1.82, 2.24) is 10.2 Å². The minimum Gasteiger partial charge on any atom is -0.366 e. The summed E-state index contributed by atoms with van der Waals surface area (Å²) in [6, 6.07) is 0.102. The Kier molecular flexibility index (Phi) is 4.70. The van der Waals surface area contributed by atoms with Gasteiger partial charge in [0, 0.05) is 26.2 Å². The van der Waals surface area contributed by atoms with Gasteiger partial charge in [0.1, 0.15) is 6.61 Å². The van der Waals surface area contributed by atoms with Crippen molar-refractivity contribution in [2.75, 3.05) is 32.8 Å². The average Bonchev–Trinajstić information content (AvgIpc) is 2.25. The predicted molar refractivity (Wildman–Crippen MR) is 63.1 cm³/mol. The molecule has 1 unspecified atom stereocenters. The van der Waals surface area contributed by atoms with Crippen molar-refractivity contribution in [1.29, 1.82) is 0 Å². The van der Waals surface area contributed by atoms with Gasteiger partial charge >= 0.3 is 0 Å².